The number of ether oxygens (including phenoxy) is 1. The van der Waals surface area contributed by atoms with Crippen LogP contribution in [0.25, 0.3) is 10.7 Å². The SMILES string of the molecule is O=C(CCc1nc(-c2cccs2)no1)N1CCN(CCOc2ccccc2Cl)CC1. The van der Waals surface area contributed by atoms with Crippen molar-refractivity contribution in [2.75, 3.05) is 39.3 Å². The van der Waals surface area contributed by atoms with Crippen molar-refractivity contribution in [3.05, 3.63) is 52.7 Å². The summed E-state index contributed by atoms with van der Waals surface area (Å²) in [5, 5.41) is 6.58. The van der Waals surface area contributed by atoms with Gasteiger partial charge in [-0.25, -0.2) is 0 Å². The number of carbonyl (C=O) groups is 1. The maximum Gasteiger partial charge on any atom is 0.227 e. The Morgan fingerprint density at radius 3 is 2.77 bits per heavy atom. The number of hydrogen-bond acceptors (Lipinski definition) is 7. The second kappa shape index (κ2) is 10.1. The Hall–Kier alpha value is -2.42. The second-order valence-corrected chi connectivity index (χ2v) is 8.35. The van der Waals surface area contributed by atoms with Gasteiger partial charge in [-0.15, -0.1) is 11.3 Å². The third kappa shape index (κ3) is 5.38. The summed E-state index contributed by atoms with van der Waals surface area (Å²) in [4.78, 5) is 22.1. The Kier molecular flexibility index (Phi) is 6.99. The number of nitrogens with zero attached hydrogens (tertiary/aromatic N) is 4. The zero-order chi connectivity index (χ0) is 20.8. The van der Waals surface area contributed by atoms with E-state index in [9.17, 15) is 4.79 Å². The van der Waals surface area contributed by atoms with Crippen molar-refractivity contribution >= 4 is 28.8 Å². The average molecular weight is 447 g/mol. The van der Waals surface area contributed by atoms with E-state index in [2.05, 4.69) is 15.0 Å². The van der Waals surface area contributed by atoms with Crippen molar-refractivity contribution in [1.82, 2.24) is 19.9 Å². The molecule has 4 rings (SSSR count). The van der Waals surface area contributed by atoms with E-state index in [0.29, 0.717) is 41.9 Å². The van der Waals surface area contributed by atoms with Gasteiger partial charge in [0.1, 0.15) is 12.4 Å². The van der Waals surface area contributed by atoms with Gasteiger partial charge in [-0.2, -0.15) is 4.98 Å². The van der Waals surface area contributed by atoms with Crippen LogP contribution in [0.4, 0.5) is 0 Å². The quantitative estimate of drug-likeness (QED) is 0.526. The first-order chi connectivity index (χ1) is 14.7. The van der Waals surface area contributed by atoms with E-state index in [0.717, 1.165) is 37.6 Å². The van der Waals surface area contributed by atoms with Crippen molar-refractivity contribution < 1.29 is 14.1 Å². The van der Waals surface area contributed by atoms with Crippen molar-refractivity contribution in [3.63, 3.8) is 0 Å². The predicted molar refractivity (Wildman–Crippen MR) is 116 cm³/mol. The molecule has 0 spiro atoms. The fourth-order valence-electron chi connectivity index (χ4n) is 3.30. The minimum absolute atomic E-state index is 0.123. The van der Waals surface area contributed by atoms with Crippen molar-refractivity contribution in [2.24, 2.45) is 0 Å². The minimum Gasteiger partial charge on any atom is -0.491 e. The number of piperazine rings is 1. The molecule has 0 saturated carbocycles. The molecule has 0 bridgehead atoms. The number of para-hydroxylation sites is 1. The van der Waals surface area contributed by atoms with Crippen molar-refractivity contribution in [1.29, 1.82) is 0 Å². The Balaban J connectivity index is 1.16. The van der Waals surface area contributed by atoms with Crippen LogP contribution in [0, 0.1) is 0 Å². The molecule has 3 aromatic rings. The highest BCUT2D eigenvalue weighted by atomic mass is 35.5. The molecule has 30 heavy (non-hydrogen) atoms. The first kappa shape index (κ1) is 20.8. The number of benzene rings is 1. The number of hydrogen-bond donors (Lipinski definition) is 0. The Morgan fingerprint density at radius 2 is 2.00 bits per heavy atom. The molecule has 1 aliphatic heterocycles. The van der Waals surface area contributed by atoms with Gasteiger partial charge in [-0.3, -0.25) is 9.69 Å². The number of carbonyl (C=O) groups excluding carboxylic acids is 1. The number of halogens is 1. The van der Waals surface area contributed by atoms with Crippen LogP contribution in [-0.4, -0.2) is 65.2 Å². The van der Waals surface area contributed by atoms with E-state index in [1.165, 1.54) is 0 Å². The maximum atomic E-state index is 12.5. The number of aryl methyl sites for hydroxylation is 1. The number of aromatic nitrogens is 2. The minimum atomic E-state index is 0.123. The number of rotatable bonds is 8. The van der Waals surface area contributed by atoms with Gasteiger partial charge in [0.15, 0.2) is 0 Å². The van der Waals surface area contributed by atoms with Gasteiger partial charge in [0.2, 0.25) is 17.6 Å². The highest BCUT2D eigenvalue weighted by Gasteiger charge is 2.21. The van der Waals surface area contributed by atoms with Gasteiger partial charge in [0.05, 0.1) is 9.90 Å². The van der Waals surface area contributed by atoms with Crippen LogP contribution in [0.3, 0.4) is 0 Å². The molecule has 0 N–H and O–H groups in total. The van der Waals surface area contributed by atoms with Gasteiger partial charge >= 0.3 is 0 Å². The molecule has 1 aliphatic rings. The van der Waals surface area contributed by atoms with Crippen LogP contribution in [0.5, 0.6) is 5.75 Å². The van der Waals surface area contributed by atoms with Crippen LogP contribution in [0.2, 0.25) is 5.02 Å². The Morgan fingerprint density at radius 1 is 1.17 bits per heavy atom. The molecule has 1 amide bonds. The highest BCUT2D eigenvalue weighted by Crippen LogP contribution is 2.23. The third-order valence-corrected chi connectivity index (χ3v) is 6.17. The molecule has 3 heterocycles. The van der Waals surface area contributed by atoms with Crippen LogP contribution >= 0.6 is 22.9 Å². The number of amides is 1. The molecule has 0 aliphatic carbocycles. The third-order valence-electron chi connectivity index (χ3n) is 4.99. The van der Waals surface area contributed by atoms with Crippen LogP contribution in [0.15, 0.2) is 46.3 Å². The summed E-state index contributed by atoms with van der Waals surface area (Å²) in [6, 6.07) is 11.4. The van der Waals surface area contributed by atoms with E-state index >= 15 is 0 Å². The normalized spacial score (nSPS) is 14.8. The lowest BCUT2D eigenvalue weighted by Gasteiger charge is -2.34. The molecule has 0 radical (unpaired) electrons. The molecule has 1 fully saturated rings. The standard InChI is InChI=1S/C21H23ClN4O3S/c22-16-4-1-2-5-17(16)28-14-13-25-9-11-26(12-10-25)20(27)8-7-19-23-21(24-29-19)18-6-3-15-30-18/h1-6,15H,7-14H2. The summed E-state index contributed by atoms with van der Waals surface area (Å²) >= 11 is 7.66. The molecule has 0 atom stereocenters. The smallest absolute Gasteiger partial charge is 0.227 e. The number of thiophene rings is 1. The molecule has 9 heteroatoms. The lowest BCUT2D eigenvalue weighted by atomic mass is 10.2. The largest absolute Gasteiger partial charge is 0.491 e. The summed E-state index contributed by atoms with van der Waals surface area (Å²) in [5.74, 6) is 1.91. The van der Waals surface area contributed by atoms with Gasteiger partial charge in [0.25, 0.3) is 0 Å². The van der Waals surface area contributed by atoms with E-state index in [1.54, 1.807) is 11.3 Å². The molecule has 158 valence electrons. The van der Waals surface area contributed by atoms with Gasteiger partial charge in [0, 0.05) is 45.6 Å². The monoisotopic (exact) mass is 446 g/mol. The van der Waals surface area contributed by atoms with Gasteiger partial charge in [-0.1, -0.05) is 35.0 Å². The molecule has 7 nitrogen and oxygen atoms in total. The average Bonchev–Trinajstić information content (AvgIpc) is 3.46. The highest BCUT2D eigenvalue weighted by molar-refractivity contribution is 7.13. The van der Waals surface area contributed by atoms with Gasteiger partial charge in [-0.05, 0) is 23.6 Å². The summed E-state index contributed by atoms with van der Waals surface area (Å²) in [7, 11) is 0. The van der Waals surface area contributed by atoms with Crippen LogP contribution in [0.1, 0.15) is 12.3 Å². The fraction of sp³-hybridized carbons (Fsp3) is 0.381. The zero-order valence-corrected chi connectivity index (χ0v) is 18.1. The van der Waals surface area contributed by atoms with Crippen molar-refractivity contribution in [3.8, 4) is 16.5 Å². The first-order valence-electron chi connectivity index (χ1n) is 9.93. The van der Waals surface area contributed by atoms with E-state index < -0.39 is 0 Å². The van der Waals surface area contributed by atoms with Crippen LogP contribution < -0.4 is 4.74 Å². The molecule has 1 aromatic carbocycles. The fourth-order valence-corrected chi connectivity index (χ4v) is 4.14. The lowest BCUT2D eigenvalue weighted by molar-refractivity contribution is -0.133. The summed E-state index contributed by atoms with van der Waals surface area (Å²) < 4.78 is 11.0. The van der Waals surface area contributed by atoms with Crippen molar-refractivity contribution in [2.45, 2.75) is 12.8 Å². The summed E-state index contributed by atoms with van der Waals surface area (Å²) in [6.07, 6.45) is 0.838. The zero-order valence-electron chi connectivity index (χ0n) is 16.5. The van der Waals surface area contributed by atoms with E-state index in [1.807, 2.05) is 46.7 Å². The molecule has 1 saturated heterocycles. The maximum absolute atomic E-state index is 12.5. The molecular weight excluding hydrogens is 424 g/mol. The summed E-state index contributed by atoms with van der Waals surface area (Å²) in [5.41, 5.74) is 0. The van der Waals surface area contributed by atoms with Crippen LogP contribution in [-0.2, 0) is 11.2 Å². The predicted octanol–water partition coefficient (Wildman–Crippen LogP) is 3.61. The van der Waals surface area contributed by atoms with E-state index in [4.69, 9.17) is 20.9 Å². The van der Waals surface area contributed by atoms with E-state index in [-0.39, 0.29) is 5.91 Å². The molecule has 2 aromatic heterocycles. The second-order valence-electron chi connectivity index (χ2n) is 6.99. The first-order valence-corrected chi connectivity index (χ1v) is 11.2. The molecular formula is C21H23ClN4O3S. The molecule has 0 unspecified atom stereocenters. The Bertz CT molecular complexity index is 955. The summed E-state index contributed by atoms with van der Waals surface area (Å²) in [6.45, 7) is 4.48. The van der Waals surface area contributed by atoms with Gasteiger partial charge < -0.3 is 14.2 Å². The lowest BCUT2D eigenvalue weighted by Crippen LogP contribution is -2.49. The topological polar surface area (TPSA) is 71.7 Å². The Labute approximate surface area is 184 Å².